The summed E-state index contributed by atoms with van der Waals surface area (Å²) in [5, 5.41) is 0.428. The van der Waals surface area contributed by atoms with Crippen LogP contribution in [0.5, 0.6) is 5.75 Å². The zero-order chi connectivity index (χ0) is 16.2. The summed E-state index contributed by atoms with van der Waals surface area (Å²) in [5.74, 6) is 0.694. The second-order valence-electron chi connectivity index (χ2n) is 4.64. The summed E-state index contributed by atoms with van der Waals surface area (Å²) in [5.41, 5.74) is 1.07. The molecule has 0 aromatic heterocycles. The molecule has 0 radical (unpaired) electrons. The van der Waals surface area contributed by atoms with Crippen LogP contribution in [0.3, 0.4) is 0 Å². The Labute approximate surface area is 140 Å². The first-order valence-corrected chi connectivity index (χ1v) is 8.76. The second-order valence-corrected chi connectivity index (χ2v) is 7.22. The predicted molar refractivity (Wildman–Crippen MR) is 88.3 cm³/mol. The normalized spacial score (nSPS) is 11.4. The Morgan fingerprint density at radius 3 is 2.64 bits per heavy atom. The van der Waals surface area contributed by atoms with E-state index in [4.69, 9.17) is 27.9 Å². The van der Waals surface area contributed by atoms with Gasteiger partial charge in [-0.2, -0.15) is 0 Å². The molecule has 0 unspecified atom stereocenters. The van der Waals surface area contributed by atoms with Gasteiger partial charge in [0.15, 0.2) is 0 Å². The molecule has 118 valence electrons. The first kappa shape index (κ1) is 17.1. The average molecular weight is 360 g/mol. The van der Waals surface area contributed by atoms with Gasteiger partial charge >= 0.3 is 0 Å². The van der Waals surface area contributed by atoms with E-state index in [-0.39, 0.29) is 23.1 Å². The summed E-state index contributed by atoms with van der Waals surface area (Å²) in [6, 6.07) is 11.8. The lowest BCUT2D eigenvalue weighted by Gasteiger charge is -2.10. The maximum Gasteiger partial charge on any atom is 0.242 e. The van der Waals surface area contributed by atoms with Crippen molar-refractivity contribution in [2.24, 2.45) is 0 Å². The third-order valence-corrected chi connectivity index (χ3v) is 5.01. The van der Waals surface area contributed by atoms with Gasteiger partial charge in [-0.1, -0.05) is 35.3 Å². The molecule has 0 spiro atoms. The molecule has 1 N–H and O–H groups in total. The summed E-state index contributed by atoms with van der Waals surface area (Å²) in [7, 11) is -3.72. The highest BCUT2D eigenvalue weighted by molar-refractivity contribution is 7.89. The molecular weight excluding hydrogens is 345 g/mol. The summed E-state index contributed by atoms with van der Waals surface area (Å²) >= 11 is 11.7. The van der Waals surface area contributed by atoms with Crippen molar-refractivity contribution in [2.75, 3.05) is 13.2 Å². The fourth-order valence-corrected chi connectivity index (χ4v) is 3.58. The molecule has 0 bridgehead atoms. The summed E-state index contributed by atoms with van der Waals surface area (Å²) in [6.45, 7) is 2.29. The number of ether oxygens (including phenoxy) is 1. The van der Waals surface area contributed by atoms with E-state index in [0.717, 1.165) is 5.56 Å². The molecule has 0 aliphatic heterocycles. The molecule has 0 saturated carbocycles. The van der Waals surface area contributed by atoms with Crippen LogP contribution in [0.4, 0.5) is 0 Å². The first-order valence-electron chi connectivity index (χ1n) is 6.53. The molecule has 2 aromatic rings. The summed E-state index contributed by atoms with van der Waals surface area (Å²) < 4.78 is 32.2. The van der Waals surface area contributed by atoms with E-state index >= 15 is 0 Å². The Bertz CT molecular complexity index is 763. The summed E-state index contributed by atoms with van der Waals surface area (Å²) in [6.07, 6.45) is 0. The number of aryl methyl sites for hydroxylation is 1. The number of hydrogen-bond acceptors (Lipinski definition) is 3. The zero-order valence-corrected chi connectivity index (χ0v) is 14.2. The highest BCUT2D eigenvalue weighted by atomic mass is 35.5. The van der Waals surface area contributed by atoms with E-state index in [1.54, 1.807) is 0 Å². The molecule has 2 aromatic carbocycles. The van der Waals surface area contributed by atoms with Gasteiger partial charge in [0, 0.05) is 11.6 Å². The van der Waals surface area contributed by atoms with Crippen molar-refractivity contribution >= 4 is 33.2 Å². The lowest BCUT2D eigenvalue weighted by molar-refractivity contribution is 0.322. The van der Waals surface area contributed by atoms with Crippen molar-refractivity contribution in [1.82, 2.24) is 4.72 Å². The van der Waals surface area contributed by atoms with E-state index in [1.165, 1.54) is 18.2 Å². The molecule has 7 heteroatoms. The van der Waals surface area contributed by atoms with Crippen LogP contribution in [-0.2, 0) is 10.0 Å². The van der Waals surface area contributed by atoms with Crippen molar-refractivity contribution in [3.05, 3.63) is 58.1 Å². The Hall–Kier alpha value is -1.27. The number of nitrogens with one attached hydrogen (secondary N) is 1. The van der Waals surface area contributed by atoms with Crippen molar-refractivity contribution < 1.29 is 13.2 Å². The highest BCUT2D eigenvalue weighted by Crippen LogP contribution is 2.24. The van der Waals surface area contributed by atoms with E-state index < -0.39 is 10.0 Å². The van der Waals surface area contributed by atoms with Crippen molar-refractivity contribution in [3.63, 3.8) is 0 Å². The van der Waals surface area contributed by atoms with Gasteiger partial charge in [-0.25, -0.2) is 13.1 Å². The number of hydrogen-bond donors (Lipinski definition) is 1. The molecule has 0 amide bonds. The van der Waals surface area contributed by atoms with Crippen LogP contribution in [0.1, 0.15) is 5.56 Å². The maximum atomic E-state index is 12.2. The van der Waals surface area contributed by atoms with Crippen LogP contribution in [0.15, 0.2) is 47.4 Å². The van der Waals surface area contributed by atoms with Gasteiger partial charge < -0.3 is 4.74 Å². The molecule has 22 heavy (non-hydrogen) atoms. The number of rotatable bonds is 6. The minimum Gasteiger partial charge on any atom is -0.492 e. The first-order chi connectivity index (χ1) is 10.4. The maximum absolute atomic E-state index is 12.2. The third-order valence-electron chi connectivity index (χ3n) is 2.84. The minimum atomic E-state index is -3.72. The van der Waals surface area contributed by atoms with Gasteiger partial charge in [0.05, 0.1) is 5.02 Å². The molecule has 0 saturated heterocycles. The van der Waals surface area contributed by atoms with Crippen molar-refractivity contribution in [3.8, 4) is 5.75 Å². The van der Waals surface area contributed by atoms with Gasteiger partial charge in [-0.3, -0.25) is 0 Å². The zero-order valence-electron chi connectivity index (χ0n) is 11.8. The van der Waals surface area contributed by atoms with Gasteiger partial charge in [-0.05, 0) is 42.8 Å². The Kier molecular flexibility index (Phi) is 5.69. The van der Waals surface area contributed by atoms with Crippen molar-refractivity contribution in [2.45, 2.75) is 11.8 Å². The van der Waals surface area contributed by atoms with Gasteiger partial charge in [-0.15, -0.1) is 0 Å². The minimum absolute atomic E-state index is 0.0442. The van der Waals surface area contributed by atoms with Gasteiger partial charge in [0.2, 0.25) is 10.0 Å². The highest BCUT2D eigenvalue weighted by Gasteiger charge is 2.17. The lowest BCUT2D eigenvalue weighted by atomic mass is 10.2. The molecule has 2 rings (SSSR count). The lowest BCUT2D eigenvalue weighted by Crippen LogP contribution is -2.28. The fourth-order valence-electron chi connectivity index (χ4n) is 1.81. The SMILES string of the molecule is Cc1cccc(OCCNS(=O)(=O)c2cc(Cl)ccc2Cl)c1. The molecule has 4 nitrogen and oxygen atoms in total. The van der Waals surface area contributed by atoms with Gasteiger partial charge in [0.25, 0.3) is 0 Å². The average Bonchev–Trinajstić information content (AvgIpc) is 2.46. The Balaban J connectivity index is 1.94. The van der Waals surface area contributed by atoms with Crippen LogP contribution < -0.4 is 9.46 Å². The Morgan fingerprint density at radius 2 is 1.91 bits per heavy atom. The van der Waals surface area contributed by atoms with Crippen LogP contribution >= 0.6 is 23.2 Å². The topological polar surface area (TPSA) is 55.4 Å². The molecule has 0 aliphatic carbocycles. The number of benzene rings is 2. The summed E-state index contributed by atoms with van der Waals surface area (Å²) in [4.78, 5) is -0.0442. The largest absolute Gasteiger partial charge is 0.492 e. The van der Waals surface area contributed by atoms with E-state index in [0.29, 0.717) is 10.8 Å². The van der Waals surface area contributed by atoms with E-state index in [9.17, 15) is 8.42 Å². The van der Waals surface area contributed by atoms with E-state index in [2.05, 4.69) is 4.72 Å². The molecule has 0 fully saturated rings. The van der Waals surface area contributed by atoms with E-state index in [1.807, 2.05) is 31.2 Å². The number of halogens is 2. The third kappa shape index (κ3) is 4.61. The van der Waals surface area contributed by atoms with Crippen LogP contribution in [-0.4, -0.2) is 21.6 Å². The molecule has 0 aliphatic rings. The molecule has 0 atom stereocenters. The van der Waals surface area contributed by atoms with Gasteiger partial charge in [0.1, 0.15) is 17.3 Å². The second kappa shape index (κ2) is 7.33. The fraction of sp³-hybridized carbons (Fsp3) is 0.200. The standard InChI is InChI=1S/C15H15Cl2NO3S/c1-11-3-2-4-13(9-11)21-8-7-18-22(19,20)15-10-12(16)5-6-14(15)17/h2-6,9-10,18H,7-8H2,1H3. The molecular formula is C15H15Cl2NO3S. The predicted octanol–water partition coefficient (Wildman–Crippen LogP) is 3.66. The van der Waals surface area contributed by atoms with Crippen LogP contribution in [0.25, 0.3) is 0 Å². The Morgan fingerprint density at radius 1 is 1.14 bits per heavy atom. The van der Waals surface area contributed by atoms with Crippen LogP contribution in [0, 0.1) is 6.92 Å². The van der Waals surface area contributed by atoms with Crippen LogP contribution in [0.2, 0.25) is 10.0 Å². The monoisotopic (exact) mass is 359 g/mol. The molecule has 0 heterocycles. The quantitative estimate of drug-likeness (QED) is 0.800. The van der Waals surface area contributed by atoms with Crippen molar-refractivity contribution in [1.29, 1.82) is 0 Å². The number of sulfonamides is 1. The smallest absolute Gasteiger partial charge is 0.242 e.